The normalized spacial score (nSPS) is 13.9. The van der Waals surface area contributed by atoms with Crippen molar-refractivity contribution in [2.75, 3.05) is 12.8 Å². The number of sulfone groups is 1. The molecule has 0 saturated heterocycles. The lowest BCUT2D eigenvalue weighted by Gasteiger charge is -2.14. The number of carbonyl (C=O) groups is 1. The molecule has 0 N–H and O–H groups in total. The summed E-state index contributed by atoms with van der Waals surface area (Å²) in [6, 6.07) is 13.1. The second-order valence-electron chi connectivity index (χ2n) is 8.34. The van der Waals surface area contributed by atoms with E-state index in [2.05, 4.69) is 9.88 Å². The first-order valence-corrected chi connectivity index (χ1v) is 13.0. The van der Waals surface area contributed by atoms with Gasteiger partial charge >= 0.3 is 0 Å². The van der Waals surface area contributed by atoms with Gasteiger partial charge in [-0.25, -0.2) is 13.4 Å². The van der Waals surface area contributed by atoms with Gasteiger partial charge in [0.25, 0.3) is 5.56 Å². The summed E-state index contributed by atoms with van der Waals surface area (Å²) in [5.41, 5.74) is 2.35. The number of carbonyl (C=O) groups excluding carboxylic acids is 1. The first-order valence-electron chi connectivity index (χ1n) is 10.5. The van der Waals surface area contributed by atoms with Crippen molar-refractivity contribution in [1.82, 2.24) is 14.5 Å². The summed E-state index contributed by atoms with van der Waals surface area (Å²) in [6.45, 7) is 1.34. The molecular weight excluding hydrogens is 477 g/mol. The van der Waals surface area contributed by atoms with Gasteiger partial charge in [0.15, 0.2) is 20.8 Å². The molecule has 0 amide bonds. The molecule has 0 bridgehead atoms. The lowest BCUT2D eigenvalue weighted by atomic mass is 10.1. The predicted octanol–water partition coefficient (Wildman–Crippen LogP) is 3.12. The zero-order valence-electron chi connectivity index (χ0n) is 18.2. The molecule has 0 radical (unpaired) electrons. The van der Waals surface area contributed by atoms with E-state index in [1.165, 1.54) is 6.20 Å². The summed E-state index contributed by atoms with van der Waals surface area (Å²) in [6.07, 6.45) is 1.35. The molecule has 10 heteroatoms. The zero-order chi connectivity index (χ0) is 24.0. The van der Waals surface area contributed by atoms with Gasteiger partial charge in [0, 0.05) is 36.8 Å². The summed E-state index contributed by atoms with van der Waals surface area (Å²) >= 11 is 0.499. The number of Topliss-reactive ketones (excluding diaryl/α,β-unsaturated/α-hetero) is 1. The van der Waals surface area contributed by atoms with E-state index in [9.17, 15) is 22.4 Å². The van der Waals surface area contributed by atoms with Crippen LogP contribution in [0.2, 0.25) is 0 Å². The average Bonchev–Trinajstić information content (AvgIpc) is 3.41. The molecule has 7 nitrogen and oxygen atoms in total. The minimum atomic E-state index is -3.89. The molecule has 4 heterocycles. The van der Waals surface area contributed by atoms with Gasteiger partial charge in [-0.05, 0) is 47.8 Å². The smallest absolute Gasteiger partial charge is 0.264 e. The van der Waals surface area contributed by atoms with Crippen molar-refractivity contribution in [1.29, 1.82) is 0 Å². The second-order valence-corrected chi connectivity index (χ2v) is 11.6. The van der Waals surface area contributed by atoms with Crippen LogP contribution in [0.5, 0.6) is 0 Å². The summed E-state index contributed by atoms with van der Waals surface area (Å²) in [7, 11) is -1.90. The van der Waals surface area contributed by atoms with Crippen molar-refractivity contribution in [3.05, 3.63) is 87.0 Å². The van der Waals surface area contributed by atoms with Crippen LogP contribution in [0.1, 0.15) is 16.8 Å². The Balaban J connectivity index is 1.42. The van der Waals surface area contributed by atoms with E-state index in [1.807, 2.05) is 25.2 Å². The molecule has 34 heavy (non-hydrogen) atoms. The average molecular weight is 498 g/mol. The Hall–Kier alpha value is -3.21. The van der Waals surface area contributed by atoms with Crippen molar-refractivity contribution in [2.24, 2.45) is 0 Å². The highest BCUT2D eigenvalue weighted by molar-refractivity contribution is 7.94. The van der Waals surface area contributed by atoms with Crippen molar-refractivity contribution in [3.63, 3.8) is 0 Å². The summed E-state index contributed by atoms with van der Waals surface area (Å²) in [5.74, 6) is -0.785. The van der Waals surface area contributed by atoms with Crippen LogP contribution in [-0.4, -0.2) is 41.5 Å². The monoisotopic (exact) mass is 497 g/mol. The number of hydrogen-bond acceptors (Lipinski definition) is 7. The molecule has 0 aliphatic carbocycles. The van der Waals surface area contributed by atoms with Crippen molar-refractivity contribution in [2.45, 2.75) is 23.7 Å². The van der Waals surface area contributed by atoms with Gasteiger partial charge in [-0.3, -0.25) is 19.1 Å². The second kappa shape index (κ2) is 8.53. The van der Waals surface area contributed by atoms with Gasteiger partial charge in [-0.2, -0.15) is 4.39 Å². The quantitative estimate of drug-likeness (QED) is 0.407. The largest absolute Gasteiger partial charge is 0.298 e. The van der Waals surface area contributed by atoms with Crippen molar-refractivity contribution >= 4 is 37.7 Å². The molecule has 1 aliphatic heterocycles. The number of nitrogens with zero attached hydrogens (tertiary/aromatic N) is 3. The Morgan fingerprint density at radius 3 is 2.53 bits per heavy atom. The lowest BCUT2D eigenvalue weighted by Crippen LogP contribution is -2.24. The number of rotatable bonds is 6. The minimum absolute atomic E-state index is 0.131. The first-order chi connectivity index (χ1) is 16.2. The van der Waals surface area contributed by atoms with E-state index in [4.69, 9.17) is 0 Å². The Morgan fingerprint density at radius 1 is 1.09 bits per heavy atom. The maximum atomic E-state index is 13.3. The van der Waals surface area contributed by atoms with E-state index in [0.29, 0.717) is 34.6 Å². The van der Waals surface area contributed by atoms with Crippen LogP contribution in [0, 0.1) is 5.13 Å². The molecule has 0 fully saturated rings. The Bertz CT molecular complexity index is 1590. The molecule has 1 aromatic carbocycles. The Labute approximate surface area is 199 Å². The topological polar surface area (TPSA) is 89.3 Å². The number of aromatic nitrogens is 2. The van der Waals surface area contributed by atoms with Crippen LogP contribution in [-0.2, 0) is 34.1 Å². The molecule has 0 spiro atoms. The van der Waals surface area contributed by atoms with E-state index < -0.39 is 26.5 Å². The van der Waals surface area contributed by atoms with Gasteiger partial charge in [0.2, 0.25) is 0 Å². The van der Waals surface area contributed by atoms with E-state index in [-0.39, 0.29) is 16.2 Å². The molecule has 4 aromatic rings. The number of thiophene rings is 1. The summed E-state index contributed by atoms with van der Waals surface area (Å²) < 4.78 is 39.3. The molecule has 0 unspecified atom stereocenters. The molecule has 1 aliphatic rings. The predicted molar refractivity (Wildman–Crippen MR) is 128 cm³/mol. The first kappa shape index (κ1) is 22.6. The molecule has 0 atom stereocenters. The number of halogens is 1. The van der Waals surface area contributed by atoms with Crippen LogP contribution in [0.4, 0.5) is 4.39 Å². The lowest BCUT2D eigenvalue weighted by molar-refractivity contribution is -0.116. The van der Waals surface area contributed by atoms with Crippen LogP contribution in [0.15, 0.2) is 63.7 Å². The number of benzene rings is 1. The fourth-order valence-electron chi connectivity index (χ4n) is 4.31. The number of hydrogen-bond donors (Lipinski definition) is 0. The number of ketones is 1. The third kappa shape index (κ3) is 4.08. The molecule has 5 rings (SSSR count). The molecule has 174 valence electrons. The van der Waals surface area contributed by atoms with Crippen LogP contribution in [0.25, 0.3) is 16.6 Å². The Kier molecular flexibility index (Phi) is 5.67. The van der Waals surface area contributed by atoms with Crippen molar-refractivity contribution in [3.8, 4) is 5.82 Å². The van der Waals surface area contributed by atoms with E-state index in [1.54, 1.807) is 22.8 Å². The van der Waals surface area contributed by atoms with Crippen LogP contribution in [0.3, 0.4) is 0 Å². The highest BCUT2D eigenvalue weighted by Gasteiger charge is 2.25. The maximum absolute atomic E-state index is 13.3. The number of fused-ring (bicyclic) bond motifs is 3. The standard InChI is InChI=1S/C24H20FN3O4S2/c1-27-12-19-17-4-2-3-5-18(17)24(30)28(20(19)13-27)22-8-6-15(11-26-22)10-16(29)14-34(31,32)23-9-7-21(25)33-23/h2-9,11H,10,12-14H2,1H3. The molecular formula is C24H20FN3O4S2. The third-order valence-corrected chi connectivity index (χ3v) is 8.93. The maximum Gasteiger partial charge on any atom is 0.264 e. The molecule has 3 aromatic heterocycles. The third-order valence-electron chi connectivity index (χ3n) is 5.80. The van der Waals surface area contributed by atoms with E-state index in [0.717, 1.165) is 35.3 Å². The molecule has 0 saturated carbocycles. The summed E-state index contributed by atoms with van der Waals surface area (Å²) in [4.78, 5) is 32.3. The minimum Gasteiger partial charge on any atom is -0.298 e. The van der Waals surface area contributed by atoms with Gasteiger partial charge in [0.1, 0.15) is 15.8 Å². The van der Waals surface area contributed by atoms with Gasteiger partial charge < -0.3 is 0 Å². The SMILES string of the molecule is CN1Cc2c(n(-c3ccc(CC(=O)CS(=O)(=O)c4ccc(F)s4)cn3)c(=O)c3ccccc23)C1. The fourth-order valence-corrected chi connectivity index (χ4v) is 6.64. The highest BCUT2D eigenvalue weighted by Crippen LogP contribution is 2.29. The highest BCUT2D eigenvalue weighted by atomic mass is 32.2. The number of pyridine rings is 2. The van der Waals surface area contributed by atoms with Gasteiger partial charge in [0.05, 0.1) is 0 Å². The summed E-state index contributed by atoms with van der Waals surface area (Å²) in [5, 5.41) is 0.942. The Morgan fingerprint density at radius 2 is 1.85 bits per heavy atom. The fraction of sp³-hybridized carbons (Fsp3) is 0.208. The van der Waals surface area contributed by atoms with Crippen LogP contribution >= 0.6 is 11.3 Å². The van der Waals surface area contributed by atoms with Crippen LogP contribution < -0.4 is 5.56 Å². The zero-order valence-corrected chi connectivity index (χ0v) is 19.8. The van der Waals surface area contributed by atoms with Crippen molar-refractivity contribution < 1.29 is 17.6 Å². The van der Waals surface area contributed by atoms with Gasteiger partial charge in [-0.15, -0.1) is 0 Å². The van der Waals surface area contributed by atoms with Gasteiger partial charge in [-0.1, -0.05) is 35.6 Å². The van der Waals surface area contributed by atoms with E-state index >= 15 is 0 Å².